The molecule has 0 atom stereocenters. The van der Waals surface area contributed by atoms with Crippen molar-refractivity contribution >= 4 is 11.9 Å². The molecule has 0 saturated carbocycles. The largest absolute Gasteiger partial charge is 0.497 e. The van der Waals surface area contributed by atoms with Gasteiger partial charge < -0.3 is 14.2 Å². The quantitative estimate of drug-likeness (QED) is 0.795. The minimum Gasteiger partial charge on any atom is -0.497 e. The molecule has 4 nitrogen and oxygen atoms in total. The van der Waals surface area contributed by atoms with Crippen LogP contribution in [-0.2, 0) is 6.42 Å². The van der Waals surface area contributed by atoms with Crippen LogP contribution in [-0.4, -0.2) is 19.7 Å². The van der Waals surface area contributed by atoms with E-state index >= 15 is 0 Å². The Labute approximate surface area is 134 Å². The van der Waals surface area contributed by atoms with Gasteiger partial charge in [-0.2, -0.15) is 0 Å². The van der Waals surface area contributed by atoms with Gasteiger partial charge in [0.1, 0.15) is 5.75 Å². The lowest BCUT2D eigenvalue weighted by Gasteiger charge is -2.18. The maximum atomic E-state index is 12.7. The Morgan fingerprint density at radius 3 is 2.78 bits per heavy atom. The van der Waals surface area contributed by atoms with E-state index in [1.807, 2.05) is 42.5 Å². The summed E-state index contributed by atoms with van der Waals surface area (Å²) in [7, 11) is 1.64. The van der Waals surface area contributed by atoms with Crippen molar-refractivity contribution in [1.29, 1.82) is 0 Å². The summed E-state index contributed by atoms with van der Waals surface area (Å²) >= 11 is 0. The molecule has 0 fully saturated rings. The summed E-state index contributed by atoms with van der Waals surface area (Å²) in [6, 6.07) is 11.4. The van der Waals surface area contributed by atoms with Gasteiger partial charge in [0.2, 0.25) is 6.79 Å². The third kappa shape index (κ3) is 2.46. The van der Waals surface area contributed by atoms with Crippen LogP contribution >= 0.6 is 0 Å². The van der Waals surface area contributed by atoms with Crippen molar-refractivity contribution in [2.24, 2.45) is 0 Å². The molecule has 4 rings (SSSR count). The molecule has 23 heavy (non-hydrogen) atoms. The number of methoxy groups -OCH3 is 1. The first-order valence-corrected chi connectivity index (χ1v) is 7.56. The van der Waals surface area contributed by atoms with Crippen LogP contribution < -0.4 is 14.2 Å². The molecule has 1 aliphatic carbocycles. The number of rotatable bonds is 2. The Kier molecular flexibility index (Phi) is 3.30. The number of allylic oxidation sites excluding steroid dienone is 1. The van der Waals surface area contributed by atoms with E-state index in [9.17, 15) is 4.79 Å². The Morgan fingerprint density at radius 1 is 1.04 bits per heavy atom. The fourth-order valence-electron chi connectivity index (χ4n) is 3.02. The number of aryl methyl sites for hydroxylation is 1. The van der Waals surface area contributed by atoms with Crippen molar-refractivity contribution in [3.63, 3.8) is 0 Å². The van der Waals surface area contributed by atoms with E-state index in [4.69, 9.17) is 14.2 Å². The van der Waals surface area contributed by atoms with Crippen LogP contribution in [0.2, 0.25) is 0 Å². The van der Waals surface area contributed by atoms with Crippen LogP contribution in [0.3, 0.4) is 0 Å². The van der Waals surface area contributed by atoms with Crippen LogP contribution in [0, 0.1) is 0 Å². The lowest BCUT2D eigenvalue weighted by Crippen LogP contribution is -2.14. The summed E-state index contributed by atoms with van der Waals surface area (Å²) in [6.07, 6.45) is 3.51. The van der Waals surface area contributed by atoms with Gasteiger partial charge in [0.15, 0.2) is 17.3 Å². The average Bonchev–Trinajstić information content (AvgIpc) is 3.05. The zero-order chi connectivity index (χ0) is 15.8. The Bertz CT molecular complexity index is 820. The number of benzene rings is 2. The molecular weight excluding hydrogens is 292 g/mol. The zero-order valence-corrected chi connectivity index (χ0v) is 12.8. The van der Waals surface area contributed by atoms with Crippen LogP contribution in [0.25, 0.3) is 6.08 Å². The van der Waals surface area contributed by atoms with Crippen molar-refractivity contribution in [1.82, 2.24) is 0 Å². The van der Waals surface area contributed by atoms with Crippen LogP contribution in [0.15, 0.2) is 42.0 Å². The predicted octanol–water partition coefficient (Wildman–Crippen LogP) is 3.64. The van der Waals surface area contributed by atoms with E-state index in [0.29, 0.717) is 0 Å². The van der Waals surface area contributed by atoms with Gasteiger partial charge in [-0.15, -0.1) is 0 Å². The standard InChI is InChI=1S/C19H16O4/c1-21-15-5-6-16-13(10-15)3-4-14(19(16)20)8-12-2-7-17-18(9-12)23-11-22-17/h2,5-10H,3-4,11H2,1H3/b14-8+. The van der Waals surface area contributed by atoms with E-state index < -0.39 is 0 Å². The van der Waals surface area contributed by atoms with Crippen molar-refractivity contribution in [2.45, 2.75) is 12.8 Å². The smallest absolute Gasteiger partial charge is 0.231 e. The molecule has 2 aromatic rings. The highest BCUT2D eigenvalue weighted by atomic mass is 16.7. The molecule has 1 heterocycles. The van der Waals surface area contributed by atoms with Crippen LogP contribution in [0.1, 0.15) is 27.9 Å². The molecule has 0 amide bonds. The molecule has 2 aromatic carbocycles. The van der Waals surface area contributed by atoms with Gasteiger partial charge in [-0.1, -0.05) is 6.07 Å². The number of hydrogen-bond acceptors (Lipinski definition) is 4. The maximum absolute atomic E-state index is 12.7. The van der Waals surface area contributed by atoms with Gasteiger partial charge in [-0.05, 0) is 60.4 Å². The number of Topliss-reactive ketones (excluding diaryl/α,β-unsaturated/α-hetero) is 1. The molecule has 0 spiro atoms. The van der Waals surface area contributed by atoms with Gasteiger partial charge in [-0.3, -0.25) is 4.79 Å². The van der Waals surface area contributed by atoms with Crippen molar-refractivity contribution < 1.29 is 19.0 Å². The highest BCUT2D eigenvalue weighted by molar-refractivity contribution is 6.13. The minimum absolute atomic E-state index is 0.0894. The lowest BCUT2D eigenvalue weighted by atomic mass is 9.86. The molecule has 0 saturated heterocycles. The Hall–Kier alpha value is -2.75. The first-order valence-electron chi connectivity index (χ1n) is 7.56. The Morgan fingerprint density at radius 2 is 1.91 bits per heavy atom. The normalized spacial score (nSPS) is 17.3. The topological polar surface area (TPSA) is 44.8 Å². The number of carbonyl (C=O) groups excluding carboxylic acids is 1. The number of fused-ring (bicyclic) bond motifs is 2. The second-order valence-corrected chi connectivity index (χ2v) is 5.63. The van der Waals surface area contributed by atoms with Gasteiger partial charge in [0, 0.05) is 11.1 Å². The zero-order valence-electron chi connectivity index (χ0n) is 12.8. The van der Waals surface area contributed by atoms with Crippen molar-refractivity contribution in [2.75, 3.05) is 13.9 Å². The molecule has 2 aliphatic rings. The SMILES string of the molecule is COc1ccc2c(c1)CC/C(=C\c1ccc3c(c1)OCO3)C2=O. The molecular formula is C19H16O4. The molecule has 0 aromatic heterocycles. The molecule has 116 valence electrons. The van der Waals surface area contributed by atoms with E-state index in [2.05, 4.69) is 0 Å². The van der Waals surface area contributed by atoms with E-state index in [1.54, 1.807) is 7.11 Å². The van der Waals surface area contributed by atoms with Gasteiger partial charge in [0.25, 0.3) is 0 Å². The molecule has 0 unspecified atom stereocenters. The number of hydrogen-bond donors (Lipinski definition) is 0. The maximum Gasteiger partial charge on any atom is 0.231 e. The van der Waals surface area contributed by atoms with Crippen LogP contribution in [0.5, 0.6) is 17.2 Å². The monoisotopic (exact) mass is 308 g/mol. The second-order valence-electron chi connectivity index (χ2n) is 5.63. The summed E-state index contributed by atoms with van der Waals surface area (Å²) in [6.45, 7) is 0.253. The first-order chi connectivity index (χ1) is 11.2. The Balaban J connectivity index is 1.66. The van der Waals surface area contributed by atoms with E-state index in [1.165, 1.54) is 0 Å². The van der Waals surface area contributed by atoms with Gasteiger partial charge >= 0.3 is 0 Å². The summed E-state index contributed by atoms with van der Waals surface area (Å²) in [5, 5.41) is 0. The second kappa shape index (κ2) is 5.47. The number of ketones is 1. The molecule has 4 heteroatoms. The first kappa shape index (κ1) is 13.9. The van der Waals surface area contributed by atoms with Crippen molar-refractivity contribution in [3.05, 3.63) is 58.7 Å². The van der Waals surface area contributed by atoms with Gasteiger partial charge in [-0.25, -0.2) is 0 Å². The number of ether oxygens (including phenoxy) is 3. The lowest BCUT2D eigenvalue weighted by molar-refractivity contribution is 0.102. The molecule has 0 bridgehead atoms. The highest BCUT2D eigenvalue weighted by Gasteiger charge is 2.22. The molecule has 0 radical (unpaired) electrons. The fourth-order valence-corrected chi connectivity index (χ4v) is 3.02. The van der Waals surface area contributed by atoms with Gasteiger partial charge in [0.05, 0.1) is 7.11 Å². The highest BCUT2D eigenvalue weighted by Crippen LogP contribution is 2.34. The predicted molar refractivity (Wildman–Crippen MR) is 86.2 cm³/mol. The fraction of sp³-hybridized carbons (Fsp3) is 0.211. The minimum atomic E-state index is 0.0894. The summed E-state index contributed by atoms with van der Waals surface area (Å²) in [5.74, 6) is 2.36. The summed E-state index contributed by atoms with van der Waals surface area (Å²) < 4.78 is 15.9. The summed E-state index contributed by atoms with van der Waals surface area (Å²) in [5.41, 5.74) is 3.59. The molecule has 1 aliphatic heterocycles. The number of carbonyl (C=O) groups is 1. The third-order valence-electron chi connectivity index (χ3n) is 4.25. The molecule has 0 N–H and O–H groups in total. The third-order valence-corrected chi connectivity index (χ3v) is 4.25. The van der Waals surface area contributed by atoms with Crippen molar-refractivity contribution in [3.8, 4) is 17.2 Å². The summed E-state index contributed by atoms with van der Waals surface area (Å²) in [4.78, 5) is 12.7. The van der Waals surface area contributed by atoms with E-state index in [-0.39, 0.29) is 12.6 Å². The van der Waals surface area contributed by atoms with E-state index in [0.717, 1.165) is 52.4 Å². The average molecular weight is 308 g/mol. The van der Waals surface area contributed by atoms with Crippen LogP contribution in [0.4, 0.5) is 0 Å².